The average molecular weight is 487 g/mol. The third-order valence-corrected chi connectivity index (χ3v) is 7.65. The van der Waals surface area contributed by atoms with E-state index in [1.54, 1.807) is 0 Å². The number of hydrogen-bond donors (Lipinski definition) is 0. The van der Waals surface area contributed by atoms with Crippen LogP contribution in [0.15, 0.2) is 114 Å². The molecule has 0 amide bonds. The summed E-state index contributed by atoms with van der Waals surface area (Å²) in [6, 6.07) is 33.4. The largest absolute Gasteiger partial charge is 0.454 e. The zero-order valence-corrected chi connectivity index (χ0v) is 20.1. The highest BCUT2D eigenvalue weighted by molar-refractivity contribution is 6.34. The Morgan fingerprint density at radius 2 is 1.26 bits per heavy atom. The van der Waals surface area contributed by atoms with Gasteiger partial charge in [-0.2, -0.15) is 0 Å². The van der Waals surface area contributed by atoms with Gasteiger partial charge in [-0.3, -0.25) is 14.5 Å². The molecule has 0 atom stereocenters. The third-order valence-electron chi connectivity index (χ3n) is 7.65. The molecule has 0 N–H and O–H groups in total. The Morgan fingerprint density at radius 3 is 2.18 bits per heavy atom. The SMILES string of the molecule is c1cnc2c(c1)ccc1ccc(-n3c4ccccc4c4c5cccnc5c5oc6ccccc6c5c43)nc12. The summed E-state index contributed by atoms with van der Waals surface area (Å²) in [4.78, 5) is 14.7. The Kier molecular flexibility index (Phi) is 3.73. The highest BCUT2D eigenvalue weighted by Crippen LogP contribution is 2.45. The lowest BCUT2D eigenvalue weighted by atomic mass is 10.0. The molecule has 5 heteroatoms. The van der Waals surface area contributed by atoms with Crippen molar-refractivity contribution in [3.05, 3.63) is 109 Å². The molecule has 4 aromatic carbocycles. The van der Waals surface area contributed by atoms with E-state index in [-0.39, 0.29) is 0 Å². The van der Waals surface area contributed by atoms with Crippen LogP contribution in [0.5, 0.6) is 0 Å². The number of rotatable bonds is 1. The molecule has 38 heavy (non-hydrogen) atoms. The lowest BCUT2D eigenvalue weighted by Crippen LogP contribution is -1.99. The van der Waals surface area contributed by atoms with E-state index in [1.807, 2.05) is 36.7 Å². The van der Waals surface area contributed by atoms with E-state index in [2.05, 4.69) is 82.3 Å². The first kappa shape index (κ1) is 19.8. The van der Waals surface area contributed by atoms with Gasteiger partial charge in [0.1, 0.15) is 16.9 Å². The normalized spacial score (nSPS) is 12.2. The predicted molar refractivity (Wildman–Crippen MR) is 154 cm³/mol. The van der Waals surface area contributed by atoms with Crippen LogP contribution < -0.4 is 0 Å². The Morgan fingerprint density at radius 1 is 0.553 bits per heavy atom. The Balaban J connectivity index is 1.56. The molecular formula is C33H18N4O. The summed E-state index contributed by atoms with van der Waals surface area (Å²) < 4.78 is 8.76. The fourth-order valence-electron chi connectivity index (χ4n) is 6.06. The second-order valence-electron chi connectivity index (χ2n) is 9.66. The molecule has 0 radical (unpaired) electrons. The predicted octanol–water partition coefficient (Wildman–Crippen LogP) is 8.33. The quantitative estimate of drug-likeness (QED) is 0.219. The number of para-hydroxylation sites is 2. The monoisotopic (exact) mass is 486 g/mol. The van der Waals surface area contributed by atoms with Gasteiger partial charge in [0.25, 0.3) is 0 Å². The van der Waals surface area contributed by atoms with E-state index in [4.69, 9.17) is 14.4 Å². The highest BCUT2D eigenvalue weighted by atomic mass is 16.3. The molecule has 0 saturated carbocycles. The molecule has 0 fully saturated rings. The molecule has 5 nitrogen and oxygen atoms in total. The van der Waals surface area contributed by atoms with E-state index < -0.39 is 0 Å². The minimum Gasteiger partial charge on any atom is -0.454 e. The van der Waals surface area contributed by atoms with Crippen LogP contribution in [-0.4, -0.2) is 19.5 Å². The Labute approximate surface area is 215 Å². The number of furan rings is 1. The van der Waals surface area contributed by atoms with Gasteiger partial charge in [0.15, 0.2) is 5.58 Å². The number of hydrogen-bond acceptors (Lipinski definition) is 4. The lowest BCUT2D eigenvalue weighted by Gasteiger charge is -2.10. The minimum atomic E-state index is 0.797. The standard InChI is InChI=1S/C33H18N4O/c1-3-11-24-21(8-1)27-23-10-6-18-35-31(23)33-28(22-9-2-4-12-25(22)38-33)32(27)37(24)26-16-15-20-14-13-19-7-5-17-34-29(19)30(20)36-26/h1-18H. The molecule has 0 saturated heterocycles. The molecule has 0 bridgehead atoms. The van der Waals surface area contributed by atoms with Crippen LogP contribution in [0, 0.1) is 0 Å². The highest BCUT2D eigenvalue weighted by Gasteiger charge is 2.23. The maximum atomic E-state index is 6.48. The molecular weight excluding hydrogens is 468 g/mol. The molecule has 9 rings (SSSR count). The van der Waals surface area contributed by atoms with Crippen LogP contribution in [-0.2, 0) is 0 Å². The van der Waals surface area contributed by atoms with Crippen molar-refractivity contribution in [2.45, 2.75) is 0 Å². The van der Waals surface area contributed by atoms with Gasteiger partial charge >= 0.3 is 0 Å². The first-order chi connectivity index (χ1) is 18.9. The summed E-state index contributed by atoms with van der Waals surface area (Å²) in [6.07, 6.45) is 3.67. The molecule has 9 aromatic rings. The van der Waals surface area contributed by atoms with Crippen LogP contribution in [0.1, 0.15) is 0 Å². The van der Waals surface area contributed by atoms with Gasteiger partial charge < -0.3 is 4.42 Å². The first-order valence-electron chi connectivity index (χ1n) is 12.6. The zero-order chi connectivity index (χ0) is 24.8. The van der Waals surface area contributed by atoms with Gasteiger partial charge in [-0.15, -0.1) is 0 Å². The van der Waals surface area contributed by atoms with Gasteiger partial charge in [-0.05, 0) is 36.4 Å². The third kappa shape index (κ3) is 2.47. The summed E-state index contributed by atoms with van der Waals surface area (Å²) in [6.45, 7) is 0. The molecule has 176 valence electrons. The van der Waals surface area contributed by atoms with Crippen LogP contribution >= 0.6 is 0 Å². The van der Waals surface area contributed by atoms with Crippen LogP contribution in [0.2, 0.25) is 0 Å². The first-order valence-corrected chi connectivity index (χ1v) is 12.6. The summed E-state index contributed by atoms with van der Waals surface area (Å²) in [7, 11) is 0. The van der Waals surface area contributed by atoms with Crippen molar-refractivity contribution in [2.75, 3.05) is 0 Å². The van der Waals surface area contributed by atoms with Crippen molar-refractivity contribution in [3.63, 3.8) is 0 Å². The van der Waals surface area contributed by atoms with Crippen molar-refractivity contribution < 1.29 is 4.42 Å². The lowest BCUT2D eigenvalue weighted by molar-refractivity contribution is 0.672. The number of fused-ring (bicyclic) bond motifs is 13. The summed E-state index contributed by atoms with van der Waals surface area (Å²) in [5.74, 6) is 0.844. The smallest absolute Gasteiger partial charge is 0.163 e. The summed E-state index contributed by atoms with van der Waals surface area (Å²) in [5.41, 5.74) is 6.48. The minimum absolute atomic E-state index is 0.797. The van der Waals surface area contributed by atoms with Gasteiger partial charge in [-0.25, -0.2) is 4.98 Å². The van der Waals surface area contributed by atoms with Crippen LogP contribution in [0.3, 0.4) is 0 Å². The van der Waals surface area contributed by atoms with Crippen molar-refractivity contribution in [1.29, 1.82) is 0 Å². The fourth-order valence-corrected chi connectivity index (χ4v) is 6.06. The number of pyridine rings is 3. The van der Waals surface area contributed by atoms with Gasteiger partial charge in [0, 0.05) is 44.7 Å². The van der Waals surface area contributed by atoms with E-state index in [0.717, 1.165) is 82.3 Å². The molecule has 0 aliphatic heterocycles. The summed E-state index contributed by atoms with van der Waals surface area (Å²) >= 11 is 0. The van der Waals surface area contributed by atoms with E-state index in [9.17, 15) is 0 Å². The van der Waals surface area contributed by atoms with Crippen LogP contribution in [0.4, 0.5) is 0 Å². The second-order valence-corrected chi connectivity index (χ2v) is 9.66. The van der Waals surface area contributed by atoms with Gasteiger partial charge in [0.05, 0.1) is 27.5 Å². The molecule has 5 heterocycles. The molecule has 5 aromatic heterocycles. The molecule has 0 aliphatic carbocycles. The molecule has 0 aliphatic rings. The average Bonchev–Trinajstić information content (AvgIpc) is 3.53. The van der Waals surface area contributed by atoms with Crippen molar-refractivity contribution in [1.82, 2.24) is 19.5 Å². The van der Waals surface area contributed by atoms with Crippen LogP contribution in [0.25, 0.3) is 82.3 Å². The topological polar surface area (TPSA) is 56.7 Å². The fraction of sp³-hybridized carbons (Fsp3) is 0. The number of benzene rings is 4. The van der Waals surface area contributed by atoms with Crippen molar-refractivity contribution >= 4 is 76.5 Å². The molecule has 0 unspecified atom stereocenters. The van der Waals surface area contributed by atoms with E-state index >= 15 is 0 Å². The number of aromatic nitrogens is 4. The zero-order valence-electron chi connectivity index (χ0n) is 20.1. The maximum absolute atomic E-state index is 6.48. The van der Waals surface area contributed by atoms with Gasteiger partial charge in [-0.1, -0.05) is 60.7 Å². The Hall–Kier alpha value is -5.29. The van der Waals surface area contributed by atoms with Crippen molar-refractivity contribution in [3.8, 4) is 5.82 Å². The van der Waals surface area contributed by atoms with E-state index in [0.29, 0.717) is 0 Å². The molecule has 0 spiro atoms. The van der Waals surface area contributed by atoms with Gasteiger partial charge in [0.2, 0.25) is 0 Å². The number of nitrogens with zero attached hydrogens (tertiary/aromatic N) is 4. The van der Waals surface area contributed by atoms with E-state index in [1.165, 1.54) is 0 Å². The Bertz CT molecular complexity index is 2420. The second kappa shape index (κ2) is 7.14. The van der Waals surface area contributed by atoms with Crippen molar-refractivity contribution in [2.24, 2.45) is 0 Å². The maximum Gasteiger partial charge on any atom is 0.163 e. The summed E-state index contributed by atoms with van der Waals surface area (Å²) in [5, 5.41) is 7.64.